The monoisotopic (exact) mass is 379 g/mol. The Morgan fingerprint density at radius 1 is 1.23 bits per heavy atom. The molecule has 142 valence electrons. The van der Waals surface area contributed by atoms with Crippen molar-refractivity contribution in [3.05, 3.63) is 24.0 Å². The van der Waals surface area contributed by atoms with E-state index >= 15 is 0 Å². The van der Waals surface area contributed by atoms with Crippen LogP contribution < -0.4 is 5.32 Å². The van der Waals surface area contributed by atoms with Gasteiger partial charge in [0.05, 0.1) is 30.1 Å². The number of hydrogen-bond acceptors (Lipinski definition) is 6. The molecule has 2 aromatic heterocycles. The number of anilines is 1. The van der Waals surface area contributed by atoms with E-state index in [2.05, 4.69) is 21.5 Å². The lowest BCUT2D eigenvalue weighted by molar-refractivity contribution is 0.0950. The van der Waals surface area contributed by atoms with E-state index in [1.54, 1.807) is 6.20 Å². The number of aliphatic hydroxyl groups is 1. The molecule has 9 heteroatoms. The van der Waals surface area contributed by atoms with Crippen LogP contribution in [-0.2, 0) is 10.0 Å². The molecule has 0 unspecified atom stereocenters. The summed E-state index contributed by atoms with van der Waals surface area (Å²) in [7, 11) is -3.28. The van der Waals surface area contributed by atoms with Gasteiger partial charge in [-0.05, 0) is 31.4 Å². The van der Waals surface area contributed by atoms with Gasteiger partial charge in [-0.15, -0.1) is 5.10 Å². The summed E-state index contributed by atoms with van der Waals surface area (Å²) in [5, 5.41) is 18.1. The highest BCUT2D eigenvalue weighted by molar-refractivity contribution is 7.88. The Morgan fingerprint density at radius 3 is 2.69 bits per heavy atom. The van der Waals surface area contributed by atoms with Crippen molar-refractivity contribution in [2.75, 3.05) is 24.7 Å². The van der Waals surface area contributed by atoms with Crippen molar-refractivity contribution in [1.29, 1.82) is 0 Å². The van der Waals surface area contributed by atoms with Crippen LogP contribution in [0.5, 0.6) is 0 Å². The number of β-amino-alcohol motifs (C(OH)–C–C–N with tert-alkyl or cyclic N) is 1. The number of aliphatic hydroxyl groups excluding tert-OH is 1. The molecule has 0 radical (unpaired) electrons. The molecule has 8 nitrogen and oxygen atoms in total. The van der Waals surface area contributed by atoms with Gasteiger partial charge in [-0.2, -0.15) is 4.31 Å². The molecule has 1 aliphatic carbocycles. The molecule has 2 N–H and O–H groups in total. The van der Waals surface area contributed by atoms with Crippen LogP contribution in [0.4, 0.5) is 5.95 Å². The van der Waals surface area contributed by atoms with Gasteiger partial charge in [0.15, 0.2) is 0 Å². The lowest BCUT2D eigenvalue weighted by Crippen LogP contribution is -2.51. The fourth-order valence-corrected chi connectivity index (χ4v) is 4.92. The fraction of sp³-hybridized carbons (Fsp3) is 0.647. The lowest BCUT2D eigenvalue weighted by atomic mass is 10.0. The molecule has 2 atom stereocenters. The molecule has 1 saturated heterocycles. The number of aromatic nitrogens is 3. The summed E-state index contributed by atoms with van der Waals surface area (Å²) in [6, 6.07) is 3.90. The number of fused-ring (bicyclic) bond motifs is 1. The van der Waals surface area contributed by atoms with E-state index in [1.165, 1.54) is 41.9 Å². The normalized spacial score (nSPS) is 25.8. The van der Waals surface area contributed by atoms with Gasteiger partial charge < -0.3 is 10.4 Å². The smallest absolute Gasteiger partial charge is 0.241 e. The second-order valence-electron chi connectivity index (χ2n) is 7.39. The van der Waals surface area contributed by atoms with Gasteiger partial charge in [0.25, 0.3) is 0 Å². The van der Waals surface area contributed by atoms with E-state index in [-0.39, 0.29) is 12.6 Å². The molecule has 2 aromatic rings. The zero-order valence-electron chi connectivity index (χ0n) is 14.9. The first-order chi connectivity index (χ1) is 12.4. The van der Waals surface area contributed by atoms with E-state index in [9.17, 15) is 13.5 Å². The van der Waals surface area contributed by atoms with Crippen molar-refractivity contribution in [2.24, 2.45) is 0 Å². The summed E-state index contributed by atoms with van der Waals surface area (Å²) in [6.45, 7) is 0.474. The fourth-order valence-electron chi connectivity index (χ4n) is 4.06. The summed E-state index contributed by atoms with van der Waals surface area (Å²) < 4.78 is 26.5. The highest BCUT2D eigenvalue weighted by Gasteiger charge is 2.32. The van der Waals surface area contributed by atoms with Crippen molar-refractivity contribution in [2.45, 2.75) is 50.2 Å². The van der Waals surface area contributed by atoms with Crippen LogP contribution >= 0.6 is 0 Å². The predicted octanol–water partition coefficient (Wildman–Crippen LogP) is 1.19. The number of rotatable bonds is 4. The lowest BCUT2D eigenvalue weighted by Gasteiger charge is -2.34. The molecular formula is C17H25N5O3S. The average Bonchev–Trinajstić information content (AvgIpc) is 3.24. The van der Waals surface area contributed by atoms with Crippen LogP contribution in [-0.4, -0.2) is 63.9 Å². The third kappa shape index (κ3) is 3.43. The predicted molar refractivity (Wildman–Crippen MR) is 98.6 cm³/mol. The standard InChI is InChI=1S/C17H25N5O3S/c1-26(24,25)21-9-8-14(16(23)11-21)19-17-18-10-13-6-7-15(22(13)20-17)12-4-2-3-5-12/h6-7,10,12,14,16,23H,2-5,8-9,11H2,1H3,(H,19,20)/t14-,16-/m1/s1. The Bertz CT molecular complexity index is 891. The second-order valence-corrected chi connectivity index (χ2v) is 9.37. The molecule has 26 heavy (non-hydrogen) atoms. The summed E-state index contributed by atoms with van der Waals surface area (Å²) >= 11 is 0. The van der Waals surface area contributed by atoms with Crippen LogP contribution in [0, 0.1) is 0 Å². The molecular weight excluding hydrogens is 354 g/mol. The Hall–Kier alpha value is -1.71. The molecule has 0 bridgehead atoms. The van der Waals surface area contributed by atoms with E-state index in [0.29, 0.717) is 24.8 Å². The van der Waals surface area contributed by atoms with E-state index in [1.807, 2.05) is 10.6 Å². The number of piperidine rings is 1. The number of nitrogens with zero attached hydrogens (tertiary/aromatic N) is 4. The Kier molecular flexibility index (Phi) is 4.62. The molecule has 1 saturated carbocycles. The topological polar surface area (TPSA) is 99.8 Å². The summed E-state index contributed by atoms with van der Waals surface area (Å²) in [4.78, 5) is 4.36. The maximum Gasteiger partial charge on any atom is 0.241 e. The molecule has 0 amide bonds. The molecule has 0 aromatic carbocycles. The zero-order chi connectivity index (χ0) is 18.3. The Labute approximate surface area is 153 Å². The third-order valence-corrected chi connectivity index (χ3v) is 6.80. The van der Waals surface area contributed by atoms with Crippen molar-refractivity contribution in [3.8, 4) is 0 Å². The third-order valence-electron chi connectivity index (χ3n) is 5.53. The van der Waals surface area contributed by atoms with E-state index < -0.39 is 16.1 Å². The SMILES string of the molecule is CS(=O)(=O)N1CC[C@@H](Nc2ncc3ccc(C4CCCC4)n3n2)[C@H](O)C1. The first kappa shape index (κ1) is 17.7. The number of nitrogens with one attached hydrogen (secondary N) is 1. The van der Waals surface area contributed by atoms with Crippen LogP contribution in [0.1, 0.15) is 43.7 Å². The van der Waals surface area contributed by atoms with E-state index in [4.69, 9.17) is 0 Å². The molecule has 0 spiro atoms. The average molecular weight is 379 g/mol. The second kappa shape index (κ2) is 6.79. The van der Waals surface area contributed by atoms with Crippen LogP contribution in [0.2, 0.25) is 0 Å². The van der Waals surface area contributed by atoms with Crippen molar-refractivity contribution in [1.82, 2.24) is 18.9 Å². The largest absolute Gasteiger partial charge is 0.390 e. The maximum absolute atomic E-state index is 11.6. The number of hydrogen-bond donors (Lipinski definition) is 2. The highest BCUT2D eigenvalue weighted by Crippen LogP contribution is 2.34. The Balaban J connectivity index is 1.51. The van der Waals surface area contributed by atoms with Crippen LogP contribution in [0.25, 0.3) is 5.52 Å². The van der Waals surface area contributed by atoms with Gasteiger partial charge in [-0.3, -0.25) is 0 Å². The summed E-state index contributed by atoms with van der Waals surface area (Å²) in [5.41, 5.74) is 2.18. The number of sulfonamides is 1. The Morgan fingerprint density at radius 2 is 2.00 bits per heavy atom. The molecule has 4 rings (SSSR count). The van der Waals surface area contributed by atoms with E-state index in [0.717, 1.165) is 5.52 Å². The molecule has 2 aliphatic rings. The van der Waals surface area contributed by atoms with Gasteiger partial charge in [0, 0.05) is 24.7 Å². The summed E-state index contributed by atoms with van der Waals surface area (Å²) in [5.74, 6) is 1.01. The van der Waals surface area contributed by atoms with Gasteiger partial charge in [-0.25, -0.2) is 17.9 Å². The molecule has 2 fully saturated rings. The highest BCUT2D eigenvalue weighted by atomic mass is 32.2. The first-order valence-corrected chi connectivity index (χ1v) is 11.0. The van der Waals surface area contributed by atoms with Crippen molar-refractivity contribution in [3.63, 3.8) is 0 Å². The van der Waals surface area contributed by atoms with Crippen LogP contribution in [0.3, 0.4) is 0 Å². The quantitative estimate of drug-likeness (QED) is 0.828. The van der Waals surface area contributed by atoms with Gasteiger partial charge in [-0.1, -0.05) is 12.8 Å². The molecule has 1 aliphatic heterocycles. The minimum absolute atomic E-state index is 0.0928. The van der Waals surface area contributed by atoms with Crippen molar-refractivity contribution < 1.29 is 13.5 Å². The van der Waals surface area contributed by atoms with Crippen LogP contribution in [0.15, 0.2) is 18.3 Å². The summed E-state index contributed by atoms with van der Waals surface area (Å²) in [6.07, 6.45) is 7.59. The van der Waals surface area contributed by atoms with Gasteiger partial charge in [0.1, 0.15) is 0 Å². The van der Waals surface area contributed by atoms with Gasteiger partial charge in [0.2, 0.25) is 16.0 Å². The van der Waals surface area contributed by atoms with Gasteiger partial charge >= 0.3 is 0 Å². The zero-order valence-corrected chi connectivity index (χ0v) is 15.7. The minimum atomic E-state index is -3.28. The first-order valence-electron chi connectivity index (χ1n) is 9.16. The minimum Gasteiger partial charge on any atom is -0.390 e. The maximum atomic E-state index is 11.6. The molecule has 3 heterocycles. The van der Waals surface area contributed by atoms with Crippen molar-refractivity contribution >= 4 is 21.5 Å².